The summed E-state index contributed by atoms with van der Waals surface area (Å²) in [5, 5.41) is 0. The lowest BCUT2D eigenvalue weighted by Crippen LogP contribution is -2.40. The first-order valence-corrected chi connectivity index (χ1v) is 11.2. The maximum absolute atomic E-state index is 13.5. The smallest absolute Gasteiger partial charge is 0.338 e. The van der Waals surface area contributed by atoms with Gasteiger partial charge in [-0.1, -0.05) is 35.6 Å². The molecule has 0 bridgehead atoms. The van der Waals surface area contributed by atoms with Crippen LogP contribution in [-0.4, -0.2) is 23.8 Å². The molecule has 6 nitrogen and oxygen atoms in total. The molecule has 0 radical (unpaired) electrons. The predicted octanol–water partition coefficient (Wildman–Crippen LogP) is 3.33. The molecule has 1 atom stereocenters. The molecule has 0 saturated heterocycles. The molecule has 3 aromatic rings. The normalized spacial score (nSPS) is 15.9. The maximum atomic E-state index is 13.5. The molecule has 1 aliphatic heterocycles. The lowest BCUT2D eigenvalue weighted by atomic mass is 9.95. The van der Waals surface area contributed by atoms with Gasteiger partial charge < -0.3 is 9.47 Å². The van der Waals surface area contributed by atoms with Gasteiger partial charge in [0.05, 0.1) is 35.1 Å². The highest BCUT2D eigenvalue weighted by Gasteiger charge is 2.34. The van der Waals surface area contributed by atoms with Gasteiger partial charge in [0, 0.05) is 0 Å². The first-order chi connectivity index (χ1) is 15.8. The Morgan fingerprint density at radius 2 is 1.94 bits per heavy atom. The fraction of sp³-hybridized carbons (Fsp3) is 0.240. The Hall–Kier alpha value is -3.52. The molecule has 0 fully saturated rings. The third kappa shape index (κ3) is 4.52. The number of halogens is 1. The van der Waals surface area contributed by atoms with E-state index in [4.69, 9.17) is 9.47 Å². The van der Waals surface area contributed by atoms with E-state index < -0.39 is 12.0 Å². The predicted molar refractivity (Wildman–Crippen MR) is 124 cm³/mol. The number of hydrogen-bond donors (Lipinski definition) is 0. The van der Waals surface area contributed by atoms with Gasteiger partial charge in [0.2, 0.25) is 0 Å². The minimum Gasteiger partial charge on any atom is -0.497 e. The number of carbonyl (C=O) groups is 1. The van der Waals surface area contributed by atoms with Crippen LogP contribution in [0.1, 0.15) is 37.9 Å². The van der Waals surface area contributed by atoms with Crippen molar-refractivity contribution in [3.8, 4) is 5.75 Å². The second-order valence-electron chi connectivity index (χ2n) is 7.86. The first kappa shape index (κ1) is 22.7. The molecule has 170 valence electrons. The summed E-state index contributed by atoms with van der Waals surface area (Å²) in [5.41, 5.74) is 1.89. The van der Waals surface area contributed by atoms with Crippen LogP contribution in [0.5, 0.6) is 5.75 Å². The van der Waals surface area contributed by atoms with Crippen molar-refractivity contribution in [2.45, 2.75) is 32.9 Å². The number of methoxy groups -OCH3 is 1. The summed E-state index contributed by atoms with van der Waals surface area (Å²) in [6.07, 6.45) is 1.36. The quantitative estimate of drug-likeness (QED) is 0.541. The summed E-state index contributed by atoms with van der Waals surface area (Å²) in [7, 11) is 1.56. The average molecular weight is 467 g/mol. The van der Waals surface area contributed by atoms with E-state index in [1.54, 1.807) is 58.2 Å². The third-order valence-electron chi connectivity index (χ3n) is 5.16. The molecule has 0 N–H and O–H groups in total. The molecule has 0 saturated carbocycles. The van der Waals surface area contributed by atoms with Crippen LogP contribution in [-0.2, 0) is 9.53 Å². The highest BCUT2D eigenvalue weighted by atomic mass is 32.1. The zero-order valence-corrected chi connectivity index (χ0v) is 19.5. The van der Waals surface area contributed by atoms with Crippen LogP contribution in [0, 0.1) is 5.82 Å². The van der Waals surface area contributed by atoms with E-state index >= 15 is 0 Å². The Balaban J connectivity index is 1.95. The number of fused-ring (bicyclic) bond motifs is 1. The van der Waals surface area contributed by atoms with E-state index in [0.717, 1.165) is 0 Å². The van der Waals surface area contributed by atoms with Crippen molar-refractivity contribution >= 4 is 23.4 Å². The van der Waals surface area contributed by atoms with E-state index in [9.17, 15) is 14.0 Å². The topological polar surface area (TPSA) is 69.9 Å². The van der Waals surface area contributed by atoms with E-state index in [-0.39, 0.29) is 17.5 Å². The second-order valence-corrected chi connectivity index (χ2v) is 8.87. The van der Waals surface area contributed by atoms with Crippen molar-refractivity contribution in [3.63, 3.8) is 0 Å². The van der Waals surface area contributed by atoms with E-state index in [1.807, 2.05) is 12.1 Å². The summed E-state index contributed by atoms with van der Waals surface area (Å²) < 4.78 is 26.1. The van der Waals surface area contributed by atoms with Crippen LogP contribution in [0.2, 0.25) is 0 Å². The second kappa shape index (κ2) is 9.15. The van der Waals surface area contributed by atoms with Crippen LogP contribution < -0.4 is 19.6 Å². The first-order valence-electron chi connectivity index (χ1n) is 10.4. The van der Waals surface area contributed by atoms with Crippen LogP contribution in [0.4, 0.5) is 4.39 Å². The summed E-state index contributed by atoms with van der Waals surface area (Å²) >= 11 is 1.22. The number of allylic oxidation sites excluding steroid dienone is 1. The lowest BCUT2D eigenvalue weighted by Gasteiger charge is -2.25. The number of esters is 1. The number of hydrogen-bond acceptors (Lipinski definition) is 6. The largest absolute Gasteiger partial charge is 0.497 e. The summed E-state index contributed by atoms with van der Waals surface area (Å²) in [6, 6.07) is 12.4. The number of rotatable bonds is 5. The van der Waals surface area contributed by atoms with Crippen molar-refractivity contribution in [1.82, 2.24) is 4.57 Å². The highest BCUT2D eigenvalue weighted by Crippen LogP contribution is 2.32. The Bertz CT molecular complexity index is 1420. The summed E-state index contributed by atoms with van der Waals surface area (Å²) in [5.74, 6) is -0.269. The molecule has 0 spiro atoms. The number of aromatic nitrogens is 1. The Labute approximate surface area is 193 Å². The number of ether oxygens (including phenoxy) is 2. The maximum Gasteiger partial charge on any atom is 0.338 e. The molecule has 2 heterocycles. The van der Waals surface area contributed by atoms with Gasteiger partial charge in [-0.15, -0.1) is 0 Å². The molecular weight excluding hydrogens is 443 g/mol. The number of thiazole rings is 1. The monoisotopic (exact) mass is 466 g/mol. The van der Waals surface area contributed by atoms with Crippen molar-refractivity contribution in [2.24, 2.45) is 4.99 Å². The molecule has 33 heavy (non-hydrogen) atoms. The molecule has 8 heteroatoms. The fourth-order valence-corrected chi connectivity index (χ4v) is 4.74. The minimum absolute atomic E-state index is 0.293. The van der Waals surface area contributed by atoms with Crippen LogP contribution in [0.3, 0.4) is 0 Å². The Morgan fingerprint density at radius 1 is 1.21 bits per heavy atom. The van der Waals surface area contributed by atoms with Gasteiger partial charge >= 0.3 is 5.97 Å². The Morgan fingerprint density at radius 3 is 2.61 bits per heavy atom. The van der Waals surface area contributed by atoms with E-state index in [0.29, 0.717) is 37.5 Å². The Kier molecular flexibility index (Phi) is 6.29. The average Bonchev–Trinajstić information content (AvgIpc) is 3.08. The zero-order chi connectivity index (χ0) is 23.7. The van der Waals surface area contributed by atoms with E-state index in [2.05, 4.69) is 4.99 Å². The molecule has 4 rings (SSSR count). The number of carbonyl (C=O) groups excluding carboxylic acids is 1. The molecule has 0 amide bonds. The van der Waals surface area contributed by atoms with Gasteiger partial charge in [-0.2, -0.15) is 0 Å². The van der Waals surface area contributed by atoms with Gasteiger partial charge in [0.25, 0.3) is 5.56 Å². The van der Waals surface area contributed by atoms with Crippen LogP contribution in [0.25, 0.3) is 6.08 Å². The number of benzene rings is 2. The molecule has 2 aromatic carbocycles. The lowest BCUT2D eigenvalue weighted by molar-refractivity contribution is -0.143. The standard InChI is InChI=1S/C25H23FN2O4S/c1-14(2)32-24(30)21-15(3)27-25-28(22(21)17-6-5-7-19(13-17)31-4)23(29)20(33-25)12-16-8-10-18(26)11-9-16/h5-14,22H,1-4H3/t22-/m0/s1. The fourth-order valence-electron chi connectivity index (χ4n) is 3.70. The van der Waals surface area contributed by atoms with E-state index in [1.165, 1.54) is 28.0 Å². The molecule has 1 aliphatic rings. The van der Waals surface area contributed by atoms with Gasteiger partial charge in [0.1, 0.15) is 11.6 Å². The molecular formula is C25H23FN2O4S. The molecule has 0 unspecified atom stereocenters. The minimum atomic E-state index is -0.724. The zero-order valence-electron chi connectivity index (χ0n) is 18.7. The van der Waals surface area contributed by atoms with Gasteiger partial charge in [-0.3, -0.25) is 9.36 Å². The van der Waals surface area contributed by atoms with Crippen molar-refractivity contribution in [2.75, 3.05) is 7.11 Å². The van der Waals surface area contributed by atoms with Gasteiger partial charge in [-0.25, -0.2) is 14.2 Å². The summed E-state index contributed by atoms with van der Waals surface area (Å²) in [6.45, 7) is 5.28. The third-order valence-corrected chi connectivity index (χ3v) is 6.14. The summed E-state index contributed by atoms with van der Waals surface area (Å²) in [4.78, 5) is 31.6. The highest BCUT2D eigenvalue weighted by molar-refractivity contribution is 7.07. The van der Waals surface area contributed by atoms with Crippen molar-refractivity contribution in [1.29, 1.82) is 0 Å². The number of nitrogens with zero attached hydrogens (tertiary/aromatic N) is 2. The van der Waals surface area contributed by atoms with Crippen LogP contribution >= 0.6 is 11.3 Å². The van der Waals surface area contributed by atoms with Crippen molar-refractivity contribution < 1.29 is 18.7 Å². The molecule has 1 aromatic heterocycles. The molecule has 0 aliphatic carbocycles. The SMILES string of the molecule is COc1cccc([C@H]2C(C(=O)OC(C)C)=C(C)N=c3sc(=Cc4ccc(F)cc4)c(=O)n32)c1. The van der Waals surface area contributed by atoms with Crippen molar-refractivity contribution in [3.05, 3.63) is 96.4 Å². The van der Waals surface area contributed by atoms with Gasteiger partial charge in [-0.05, 0) is 62.2 Å². The van der Waals surface area contributed by atoms with Gasteiger partial charge in [0.15, 0.2) is 4.80 Å². The van der Waals surface area contributed by atoms with Crippen LogP contribution in [0.15, 0.2) is 69.6 Å².